The van der Waals surface area contributed by atoms with Crippen LogP contribution in [0, 0.1) is 5.82 Å². The van der Waals surface area contributed by atoms with Gasteiger partial charge in [0.05, 0.1) is 12.2 Å². The lowest BCUT2D eigenvalue weighted by Gasteiger charge is -2.16. The van der Waals surface area contributed by atoms with Crippen LogP contribution < -0.4 is 10.6 Å². The summed E-state index contributed by atoms with van der Waals surface area (Å²) in [7, 11) is 1.72. The SMILES string of the molecule is CN=C(NCc1ncccc1F)NC1CCCC1. The average molecular weight is 250 g/mol. The van der Waals surface area contributed by atoms with Crippen molar-refractivity contribution in [2.24, 2.45) is 4.99 Å². The number of guanidine groups is 1. The molecule has 0 unspecified atom stereocenters. The topological polar surface area (TPSA) is 49.3 Å². The van der Waals surface area contributed by atoms with Crippen LogP contribution in [-0.2, 0) is 6.54 Å². The van der Waals surface area contributed by atoms with Crippen molar-refractivity contribution in [2.75, 3.05) is 7.05 Å². The number of nitrogens with zero attached hydrogens (tertiary/aromatic N) is 2. The Balaban J connectivity index is 1.85. The number of rotatable bonds is 3. The molecule has 18 heavy (non-hydrogen) atoms. The predicted molar refractivity (Wildman–Crippen MR) is 69.8 cm³/mol. The van der Waals surface area contributed by atoms with E-state index in [1.807, 2.05) is 0 Å². The molecule has 1 aromatic heterocycles. The minimum atomic E-state index is -0.290. The van der Waals surface area contributed by atoms with Gasteiger partial charge < -0.3 is 10.6 Å². The number of aliphatic imine (C=N–C) groups is 1. The first-order valence-electron chi connectivity index (χ1n) is 6.36. The second kappa shape index (κ2) is 6.33. The van der Waals surface area contributed by atoms with Crippen LogP contribution in [0.4, 0.5) is 4.39 Å². The van der Waals surface area contributed by atoms with Crippen LogP contribution in [0.1, 0.15) is 31.4 Å². The molecule has 4 nitrogen and oxygen atoms in total. The van der Waals surface area contributed by atoms with E-state index in [2.05, 4.69) is 20.6 Å². The maximum atomic E-state index is 13.4. The van der Waals surface area contributed by atoms with E-state index in [4.69, 9.17) is 0 Å². The number of hydrogen-bond donors (Lipinski definition) is 2. The molecule has 2 rings (SSSR count). The largest absolute Gasteiger partial charge is 0.354 e. The summed E-state index contributed by atoms with van der Waals surface area (Å²) < 4.78 is 13.4. The van der Waals surface area contributed by atoms with Crippen LogP contribution in [0.3, 0.4) is 0 Å². The third-order valence-electron chi connectivity index (χ3n) is 3.18. The van der Waals surface area contributed by atoms with Crippen LogP contribution in [0.2, 0.25) is 0 Å². The van der Waals surface area contributed by atoms with Crippen LogP contribution in [-0.4, -0.2) is 24.0 Å². The lowest BCUT2D eigenvalue weighted by molar-refractivity contribution is 0.584. The number of nitrogens with one attached hydrogen (secondary N) is 2. The summed E-state index contributed by atoms with van der Waals surface area (Å²) in [4.78, 5) is 8.14. The van der Waals surface area contributed by atoms with E-state index < -0.39 is 0 Å². The first-order chi connectivity index (χ1) is 8.79. The number of hydrogen-bond acceptors (Lipinski definition) is 2. The Morgan fingerprint density at radius 1 is 1.50 bits per heavy atom. The van der Waals surface area contributed by atoms with Gasteiger partial charge in [-0.3, -0.25) is 9.98 Å². The lowest BCUT2D eigenvalue weighted by atomic mass is 10.2. The van der Waals surface area contributed by atoms with Gasteiger partial charge in [-0.05, 0) is 25.0 Å². The fourth-order valence-corrected chi connectivity index (χ4v) is 2.17. The highest BCUT2D eigenvalue weighted by atomic mass is 19.1. The zero-order valence-electron chi connectivity index (χ0n) is 10.6. The second-order valence-corrected chi connectivity index (χ2v) is 4.48. The molecule has 0 amide bonds. The minimum Gasteiger partial charge on any atom is -0.354 e. The average Bonchev–Trinajstić information content (AvgIpc) is 2.89. The molecule has 0 saturated heterocycles. The van der Waals surface area contributed by atoms with Gasteiger partial charge in [-0.1, -0.05) is 12.8 Å². The summed E-state index contributed by atoms with van der Waals surface area (Å²) in [5.41, 5.74) is 0.409. The van der Waals surface area contributed by atoms with Gasteiger partial charge in [-0.2, -0.15) is 0 Å². The smallest absolute Gasteiger partial charge is 0.191 e. The molecule has 2 N–H and O–H groups in total. The van der Waals surface area contributed by atoms with E-state index >= 15 is 0 Å². The zero-order valence-corrected chi connectivity index (χ0v) is 10.6. The molecule has 1 fully saturated rings. The van der Waals surface area contributed by atoms with Crippen LogP contribution in [0.25, 0.3) is 0 Å². The summed E-state index contributed by atoms with van der Waals surface area (Å²) >= 11 is 0. The van der Waals surface area contributed by atoms with E-state index in [0.29, 0.717) is 24.2 Å². The molecule has 0 aliphatic heterocycles. The molecule has 0 bridgehead atoms. The highest BCUT2D eigenvalue weighted by Crippen LogP contribution is 2.17. The molecule has 5 heteroatoms. The van der Waals surface area contributed by atoms with Gasteiger partial charge >= 0.3 is 0 Å². The van der Waals surface area contributed by atoms with Gasteiger partial charge in [0.25, 0.3) is 0 Å². The van der Waals surface area contributed by atoms with Crippen molar-refractivity contribution in [3.8, 4) is 0 Å². The third kappa shape index (κ3) is 3.42. The van der Waals surface area contributed by atoms with Crippen LogP contribution in [0.5, 0.6) is 0 Å². The van der Waals surface area contributed by atoms with Gasteiger partial charge in [0.15, 0.2) is 5.96 Å². The Morgan fingerprint density at radius 2 is 2.28 bits per heavy atom. The van der Waals surface area contributed by atoms with Gasteiger partial charge in [0, 0.05) is 19.3 Å². The number of halogens is 1. The molecule has 1 heterocycles. The monoisotopic (exact) mass is 250 g/mol. The van der Waals surface area contributed by atoms with E-state index in [-0.39, 0.29) is 5.82 Å². The third-order valence-corrected chi connectivity index (χ3v) is 3.18. The number of pyridine rings is 1. The van der Waals surface area contributed by atoms with Gasteiger partial charge in [-0.15, -0.1) is 0 Å². The predicted octanol–water partition coefficient (Wildman–Crippen LogP) is 1.83. The van der Waals surface area contributed by atoms with Gasteiger partial charge in [-0.25, -0.2) is 4.39 Å². The Bertz CT molecular complexity index is 413. The summed E-state index contributed by atoms with van der Waals surface area (Å²) in [6, 6.07) is 3.49. The van der Waals surface area contributed by atoms with E-state index in [1.165, 1.54) is 31.7 Å². The fourth-order valence-electron chi connectivity index (χ4n) is 2.17. The highest BCUT2D eigenvalue weighted by molar-refractivity contribution is 5.79. The van der Waals surface area contributed by atoms with E-state index in [0.717, 1.165) is 0 Å². The van der Waals surface area contributed by atoms with Crippen molar-refractivity contribution in [3.05, 3.63) is 29.8 Å². The molecular weight excluding hydrogens is 231 g/mol. The van der Waals surface area contributed by atoms with Gasteiger partial charge in [0.2, 0.25) is 0 Å². The molecule has 1 aromatic rings. The summed E-state index contributed by atoms with van der Waals surface area (Å²) in [5.74, 6) is 0.424. The molecule has 0 radical (unpaired) electrons. The van der Waals surface area contributed by atoms with Gasteiger partial charge in [0.1, 0.15) is 5.82 Å². The Hall–Kier alpha value is -1.65. The molecule has 0 aromatic carbocycles. The normalized spacial score (nSPS) is 16.9. The number of aromatic nitrogens is 1. The molecule has 0 atom stereocenters. The van der Waals surface area contributed by atoms with E-state index in [9.17, 15) is 4.39 Å². The first-order valence-corrected chi connectivity index (χ1v) is 6.36. The van der Waals surface area contributed by atoms with Crippen molar-refractivity contribution in [2.45, 2.75) is 38.3 Å². The molecule has 1 saturated carbocycles. The minimum absolute atomic E-state index is 0.290. The van der Waals surface area contributed by atoms with Crippen LogP contribution in [0.15, 0.2) is 23.3 Å². The lowest BCUT2D eigenvalue weighted by Crippen LogP contribution is -2.42. The maximum Gasteiger partial charge on any atom is 0.191 e. The Kier molecular flexibility index (Phi) is 4.50. The van der Waals surface area contributed by atoms with Crippen molar-refractivity contribution in [3.63, 3.8) is 0 Å². The molecule has 98 valence electrons. The highest BCUT2D eigenvalue weighted by Gasteiger charge is 2.15. The van der Waals surface area contributed by atoms with Crippen molar-refractivity contribution >= 4 is 5.96 Å². The summed E-state index contributed by atoms with van der Waals surface area (Å²) in [5, 5.41) is 6.43. The first kappa shape index (κ1) is 12.8. The quantitative estimate of drug-likeness (QED) is 0.635. The van der Waals surface area contributed by atoms with E-state index in [1.54, 1.807) is 19.3 Å². The van der Waals surface area contributed by atoms with Crippen molar-refractivity contribution < 1.29 is 4.39 Å². The Morgan fingerprint density at radius 3 is 2.94 bits per heavy atom. The summed E-state index contributed by atoms with van der Waals surface area (Å²) in [6.45, 7) is 0.346. The van der Waals surface area contributed by atoms with Crippen molar-refractivity contribution in [1.82, 2.24) is 15.6 Å². The molecule has 1 aliphatic rings. The zero-order chi connectivity index (χ0) is 12.8. The Labute approximate surface area is 107 Å². The molecule has 0 spiro atoms. The standard InChI is InChI=1S/C13H19FN4/c1-15-13(18-10-5-2-3-6-10)17-9-12-11(14)7-4-8-16-12/h4,7-8,10H,2-3,5-6,9H2,1H3,(H2,15,17,18). The van der Waals surface area contributed by atoms with Crippen LogP contribution >= 0.6 is 0 Å². The second-order valence-electron chi connectivity index (χ2n) is 4.48. The van der Waals surface area contributed by atoms with Crippen molar-refractivity contribution in [1.29, 1.82) is 0 Å². The molecular formula is C13H19FN4. The fraction of sp³-hybridized carbons (Fsp3) is 0.538. The maximum absolute atomic E-state index is 13.4. The summed E-state index contributed by atoms with van der Waals surface area (Å²) in [6.07, 6.45) is 6.48. The molecule has 1 aliphatic carbocycles.